The van der Waals surface area contributed by atoms with Crippen LogP contribution in [0.15, 0.2) is 42.6 Å². The molecule has 1 amide bonds. The Labute approximate surface area is 162 Å². The molecular weight excluding hydrogens is 358 g/mol. The number of anilines is 1. The zero-order valence-electron chi connectivity index (χ0n) is 15.9. The van der Waals surface area contributed by atoms with Gasteiger partial charge in [0.1, 0.15) is 11.6 Å². The molecule has 2 heterocycles. The van der Waals surface area contributed by atoms with Crippen LogP contribution >= 0.6 is 0 Å². The molecule has 0 radical (unpaired) electrons. The molecule has 1 saturated carbocycles. The molecule has 1 aromatic carbocycles. The van der Waals surface area contributed by atoms with Crippen LogP contribution in [-0.4, -0.2) is 35.6 Å². The van der Waals surface area contributed by atoms with Gasteiger partial charge in [0, 0.05) is 18.0 Å². The molecule has 1 aliphatic rings. The van der Waals surface area contributed by atoms with Crippen molar-refractivity contribution < 1.29 is 19.1 Å². The molecule has 0 saturated heterocycles. The van der Waals surface area contributed by atoms with Gasteiger partial charge in [0.2, 0.25) is 5.91 Å². The number of amides is 1. The molecule has 0 unspecified atom stereocenters. The zero-order valence-corrected chi connectivity index (χ0v) is 15.9. The van der Waals surface area contributed by atoms with Crippen LogP contribution in [0.3, 0.4) is 0 Å². The van der Waals surface area contributed by atoms with Gasteiger partial charge in [0.05, 0.1) is 43.5 Å². The van der Waals surface area contributed by atoms with Gasteiger partial charge in [-0.3, -0.25) is 9.59 Å². The predicted octanol–water partition coefficient (Wildman–Crippen LogP) is 3.00. The summed E-state index contributed by atoms with van der Waals surface area (Å²) in [6.45, 7) is 0. The van der Waals surface area contributed by atoms with Crippen molar-refractivity contribution in [1.29, 1.82) is 0 Å². The number of benzene rings is 1. The molecule has 4 rings (SSSR count). The standard InChI is InChI=1S/C21H21N3O4/c1-24-16(13-6-4-5-7-18(13)27-2)8-12-9-19(22-11-17(12)24)23-20(25)14-10-15(14)21(26)28-3/h4-9,11,14-15H,10H2,1-3H3,(H,22,23,25)/t14-,15-/m1/s1. The number of hydrogen-bond acceptors (Lipinski definition) is 5. The number of carbonyl (C=O) groups excluding carboxylic acids is 2. The van der Waals surface area contributed by atoms with Gasteiger partial charge in [0.25, 0.3) is 0 Å². The van der Waals surface area contributed by atoms with Gasteiger partial charge < -0.3 is 19.4 Å². The number of ether oxygens (including phenoxy) is 2. The average molecular weight is 379 g/mol. The molecule has 1 fully saturated rings. The van der Waals surface area contributed by atoms with Crippen LogP contribution in [0.2, 0.25) is 0 Å². The smallest absolute Gasteiger partial charge is 0.309 e. The molecule has 7 heteroatoms. The molecule has 1 aliphatic carbocycles. The van der Waals surface area contributed by atoms with Crippen LogP contribution in [-0.2, 0) is 21.4 Å². The van der Waals surface area contributed by atoms with Crippen LogP contribution in [0, 0.1) is 11.8 Å². The number of rotatable bonds is 5. The van der Waals surface area contributed by atoms with E-state index in [1.165, 1.54) is 7.11 Å². The lowest BCUT2D eigenvalue weighted by Gasteiger charge is -2.09. The second kappa shape index (κ2) is 6.99. The fourth-order valence-corrected chi connectivity index (χ4v) is 3.53. The van der Waals surface area contributed by atoms with Crippen LogP contribution in [0.5, 0.6) is 5.75 Å². The molecule has 28 heavy (non-hydrogen) atoms. The molecule has 0 aliphatic heterocycles. The number of pyridine rings is 1. The second-order valence-electron chi connectivity index (χ2n) is 6.88. The lowest BCUT2D eigenvalue weighted by atomic mass is 10.1. The Morgan fingerprint density at radius 2 is 1.96 bits per heavy atom. The summed E-state index contributed by atoms with van der Waals surface area (Å²) in [5, 5.41) is 3.76. The van der Waals surface area contributed by atoms with Crippen molar-refractivity contribution in [3.8, 4) is 17.0 Å². The van der Waals surface area contributed by atoms with Crippen molar-refractivity contribution >= 4 is 28.6 Å². The van der Waals surface area contributed by atoms with Crippen molar-refractivity contribution in [2.75, 3.05) is 19.5 Å². The summed E-state index contributed by atoms with van der Waals surface area (Å²) in [4.78, 5) is 28.2. The van der Waals surface area contributed by atoms with E-state index in [1.54, 1.807) is 13.3 Å². The predicted molar refractivity (Wildman–Crippen MR) is 105 cm³/mol. The van der Waals surface area contributed by atoms with E-state index in [0.717, 1.165) is 27.9 Å². The number of hydrogen-bond donors (Lipinski definition) is 1. The number of esters is 1. The summed E-state index contributed by atoms with van der Waals surface area (Å²) < 4.78 is 12.2. The first kappa shape index (κ1) is 18.0. The average Bonchev–Trinajstić information content (AvgIpc) is 3.46. The number of aromatic nitrogens is 2. The molecule has 0 spiro atoms. The van der Waals surface area contributed by atoms with Crippen LogP contribution < -0.4 is 10.1 Å². The minimum Gasteiger partial charge on any atom is -0.496 e. The monoisotopic (exact) mass is 379 g/mol. The molecule has 2 aromatic heterocycles. The van der Waals surface area contributed by atoms with E-state index in [1.807, 2.05) is 48.0 Å². The van der Waals surface area contributed by atoms with Gasteiger partial charge in [-0.05, 0) is 30.7 Å². The molecule has 2 atom stereocenters. The van der Waals surface area contributed by atoms with Crippen molar-refractivity contribution in [3.63, 3.8) is 0 Å². The third-order valence-corrected chi connectivity index (χ3v) is 5.19. The van der Waals surface area contributed by atoms with Gasteiger partial charge in [-0.2, -0.15) is 0 Å². The molecule has 1 N–H and O–H groups in total. The van der Waals surface area contributed by atoms with Crippen LogP contribution in [0.4, 0.5) is 5.82 Å². The van der Waals surface area contributed by atoms with E-state index in [2.05, 4.69) is 10.3 Å². The number of para-hydroxylation sites is 1. The topological polar surface area (TPSA) is 82.5 Å². The Morgan fingerprint density at radius 1 is 1.18 bits per heavy atom. The fourth-order valence-electron chi connectivity index (χ4n) is 3.53. The third-order valence-electron chi connectivity index (χ3n) is 5.19. The number of methoxy groups -OCH3 is 2. The summed E-state index contributed by atoms with van der Waals surface area (Å²) in [6.07, 6.45) is 2.25. The van der Waals surface area contributed by atoms with E-state index in [9.17, 15) is 9.59 Å². The maximum atomic E-state index is 12.3. The highest BCUT2D eigenvalue weighted by Gasteiger charge is 2.49. The van der Waals surface area contributed by atoms with Gasteiger partial charge >= 0.3 is 5.97 Å². The zero-order chi connectivity index (χ0) is 19.8. The summed E-state index contributed by atoms with van der Waals surface area (Å²) in [6, 6.07) is 11.7. The molecule has 3 aromatic rings. The highest BCUT2D eigenvalue weighted by molar-refractivity contribution is 5.99. The Morgan fingerprint density at radius 3 is 2.71 bits per heavy atom. The van der Waals surface area contributed by atoms with Gasteiger partial charge in [-0.1, -0.05) is 12.1 Å². The summed E-state index contributed by atoms with van der Waals surface area (Å²) in [7, 11) is 4.95. The SMILES string of the molecule is COC(=O)[C@@H]1C[C@H]1C(=O)Nc1cc2cc(-c3ccccc3OC)n(C)c2cn1. The second-order valence-corrected chi connectivity index (χ2v) is 6.88. The fraction of sp³-hybridized carbons (Fsp3) is 0.286. The number of nitrogens with zero attached hydrogens (tertiary/aromatic N) is 2. The van der Waals surface area contributed by atoms with Crippen LogP contribution in [0.1, 0.15) is 6.42 Å². The minimum absolute atomic E-state index is 0.205. The van der Waals surface area contributed by atoms with Crippen molar-refractivity contribution in [1.82, 2.24) is 9.55 Å². The first-order chi connectivity index (χ1) is 13.5. The lowest BCUT2D eigenvalue weighted by Crippen LogP contribution is -2.18. The minimum atomic E-state index is -0.345. The molecule has 144 valence electrons. The Kier molecular flexibility index (Phi) is 4.50. The van der Waals surface area contributed by atoms with E-state index in [-0.39, 0.29) is 23.7 Å². The largest absolute Gasteiger partial charge is 0.496 e. The number of aryl methyl sites for hydroxylation is 1. The van der Waals surface area contributed by atoms with Crippen molar-refractivity contribution in [3.05, 3.63) is 42.6 Å². The maximum Gasteiger partial charge on any atom is 0.309 e. The molecular formula is C21H21N3O4. The maximum absolute atomic E-state index is 12.3. The van der Waals surface area contributed by atoms with Gasteiger partial charge in [0.15, 0.2) is 0 Å². The van der Waals surface area contributed by atoms with E-state index in [0.29, 0.717) is 12.2 Å². The van der Waals surface area contributed by atoms with Gasteiger partial charge in [-0.15, -0.1) is 0 Å². The highest BCUT2D eigenvalue weighted by atomic mass is 16.5. The Balaban J connectivity index is 1.60. The molecule has 0 bridgehead atoms. The number of fused-ring (bicyclic) bond motifs is 1. The van der Waals surface area contributed by atoms with E-state index < -0.39 is 0 Å². The Hall–Kier alpha value is -3.35. The number of nitrogens with one attached hydrogen (secondary N) is 1. The van der Waals surface area contributed by atoms with Crippen LogP contribution in [0.25, 0.3) is 22.2 Å². The normalized spacial score (nSPS) is 18.0. The van der Waals surface area contributed by atoms with Crippen molar-refractivity contribution in [2.24, 2.45) is 18.9 Å². The quantitative estimate of drug-likeness (QED) is 0.689. The van der Waals surface area contributed by atoms with E-state index >= 15 is 0 Å². The van der Waals surface area contributed by atoms with Crippen molar-refractivity contribution in [2.45, 2.75) is 6.42 Å². The first-order valence-electron chi connectivity index (χ1n) is 9.01. The number of carbonyl (C=O) groups is 2. The first-order valence-corrected chi connectivity index (χ1v) is 9.01. The van der Waals surface area contributed by atoms with E-state index in [4.69, 9.17) is 9.47 Å². The molecule has 7 nitrogen and oxygen atoms in total. The highest BCUT2D eigenvalue weighted by Crippen LogP contribution is 2.40. The Bertz CT molecular complexity index is 1070. The summed E-state index contributed by atoms with van der Waals surface area (Å²) >= 11 is 0. The summed E-state index contributed by atoms with van der Waals surface area (Å²) in [5.74, 6) is 0.0198. The van der Waals surface area contributed by atoms with Gasteiger partial charge in [-0.25, -0.2) is 4.98 Å². The third kappa shape index (κ3) is 3.09. The summed E-state index contributed by atoms with van der Waals surface area (Å²) in [5.41, 5.74) is 2.91. The lowest BCUT2D eigenvalue weighted by molar-refractivity contribution is -0.143.